The number of hydrogen-bond acceptors (Lipinski definition) is 3. The molecule has 0 amide bonds. The molecule has 3 aliphatic rings. The van der Waals surface area contributed by atoms with E-state index in [1.807, 2.05) is 30.3 Å². The van der Waals surface area contributed by atoms with Crippen LogP contribution < -0.4 is 22.0 Å². The lowest BCUT2D eigenvalue weighted by Crippen LogP contribution is -3.00. The maximum Gasteiger partial charge on any atom is 0.311 e. The normalized spacial score (nSPS) is 18.8. The van der Waals surface area contributed by atoms with Crippen molar-refractivity contribution in [2.24, 2.45) is 5.92 Å². The van der Waals surface area contributed by atoms with Crippen molar-refractivity contribution in [2.45, 2.75) is 84.0 Å². The minimum atomic E-state index is -0.175. The molecule has 3 aromatic rings. The number of allylic oxidation sites excluding steroid dienone is 5. The van der Waals surface area contributed by atoms with Gasteiger partial charge in [-0.1, -0.05) is 78.7 Å². The second kappa shape index (κ2) is 15.4. The first kappa shape index (κ1) is 36.5. The van der Waals surface area contributed by atoms with Gasteiger partial charge < -0.3 is 22.0 Å². The number of unbranched alkanes of at least 4 members (excludes halogenated alkanes) is 2. The van der Waals surface area contributed by atoms with E-state index in [0.29, 0.717) is 12.2 Å². The van der Waals surface area contributed by atoms with Crippen LogP contribution in [0.5, 0.6) is 5.75 Å². The number of nitrogens with zero attached hydrogens (tertiary/aromatic N) is 2. The van der Waals surface area contributed by atoms with E-state index in [-0.39, 0.29) is 35.1 Å². The Bertz CT molecular complexity index is 1840. The van der Waals surface area contributed by atoms with Gasteiger partial charge >= 0.3 is 5.97 Å². The van der Waals surface area contributed by atoms with Crippen molar-refractivity contribution in [3.8, 4) is 5.75 Å². The fraction of sp³-hybridized carbons (Fsp3) is 0.372. The van der Waals surface area contributed by atoms with Gasteiger partial charge in [0, 0.05) is 52.7 Å². The molecule has 3 aromatic carbocycles. The predicted octanol–water partition coefficient (Wildman–Crippen LogP) is 7.55. The van der Waals surface area contributed by atoms with Crippen LogP contribution in [0.2, 0.25) is 0 Å². The molecule has 0 bridgehead atoms. The summed E-state index contributed by atoms with van der Waals surface area (Å²) in [5.41, 5.74) is 12.5. The van der Waals surface area contributed by atoms with Gasteiger partial charge in [-0.15, -0.1) is 5.73 Å². The average molecular weight is 696 g/mol. The number of benzene rings is 3. The number of anilines is 1. The fourth-order valence-corrected chi connectivity index (χ4v) is 7.99. The lowest BCUT2D eigenvalue weighted by molar-refractivity contribution is -0.433. The predicted molar refractivity (Wildman–Crippen MR) is 199 cm³/mol. The molecule has 49 heavy (non-hydrogen) atoms. The standard InChI is InChI=1S/C43H48ClN2O2.ClH/c1-6-45-36-21-14-12-19-34(36)42(2,3)38(45)28-26-31-24-25-32(41(31)44)27-29-39-43(4,5)35-20-13-15-22-37(35)46(39)30-16-8-11-23-40(47)48-33-17-9-7-10-18-33;/h7,9-10,12-15,17-22,26-28,32H,6,8,11,16,23-25,30H2,1-5H3;1H/q+1;/p-1/b28-26+;. The highest BCUT2D eigenvalue weighted by molar-refractivity contribution is 6.30. The Balaban J connectivity index is 0.00000468. The molecule has 6 heteroatoms. The van der Waals surface area contributed by atoms with Crippen LogP contribution in [0.4, 0.5) is 11.4 Å². The van der Waals surface area contributed by atoms with Crippen molar-refractivity contribution in [1.82, 2.24) is 0 Å². The number of fused-ring (bicyclic) bond motifs is 2. The van der Waals surface area contributed by atoms with Crippen molar-refractivity contribution in [2.75, 3.05) is 18.0 Å². The van der Waals surface area contributed by atoms with E-state index in [2.05, 4.69) is 117 Å². The zero-order valence-electron chi connectivity index (χ0n) is 29.4. The SMILES string of the molecule is CC[N+]1=C(/C=C/C2=C(Cl)C(C=C=C3N(CCCCCC(=O)Oc4ccccc4)c4ccccc4C3(C)C)CC2)C(C)(C)c2ccccc21.[Cl-]. The van der Waals surface area contributed by atoms with Crippen LogP contribution in [0.3, 0.4) is 0 Å². The summed E-state index contributed by atoms with van der Waals surface area (Å²) in [7, 11) is 0. The van der Waals surface area contributed by atoms with Crippen LogP contribution in [-0.2, 0) is 15.6 Å². The highest BCUT2D eigenvalue weighted by Gasteiger charge is 2.43. The Labute approximate surface area is 303 Å². The summed E-state index contributed by atoms with van der Waals surface area (Å²) < 4.78 is 7.90. The highest BCUT2D eigenvalue weighted by Crippen LogP contribution is 2.48. The monoisotopic (exact) mass is 694 g/mol. The number of rotatable bonds is 11. The molecule has 0 radical (unpaired) electrons. The largest absolute Gasteiger partial charge is 1.00 e. The minimum absolute atomic E-state index is 0. The quantitative estimate of drug-likeness (QED) is 0.0684. The van der Waals surface area contributed by atoms with Crippen molar-refractivity contribution >= 4 is 34.7 Å². The number of carbonyl (C=O) groups is 1. The van der Waals surface area contributed by atoms with E-state index in [1.165, 1.54) is 39.5 Å². The molecule has 6 rings (SSSR count). The molecule has 4 nitrogen and oxygen atoms in total. The van der Waals surface area contributed by atoms with Gasteiger partial charge in [0.1, 0.15) is 12.3 Å². The smallest absolute Gasteiger partial charge is 0.311 e. The molecule has 0 aromatic heterocycles. The molecule has 0 fully saturated rings. The Kier molecular flexibility index (Phi) is 11.4. The van der Waals surface area contributed by atoms with Gasteiger partial charge in [0.15, 0.2) is 5.71 Å². The van der Waals surface area contributed by atoms with Gasteiger partial charge in [0.25, 0.3) is 0 Å². The maximum atomic E-state index is 12.3. The number of para-hydroxylation sites is 3. The van der Waals surface area contributed by atoms with Crippen molar-refractivity contribution < 1.29 is 26.5 Å². The molecule has 1 atom stereocenters. The summed E-state index contributed by atoms with van der Waals surface area (Å²) >= 11 is 7.11. The second-order valence-electron chi connectivity index (χ2n) is 14.2. The molecule has 0 spiro atoms. The first-order valence-electron chi connectivity index (χ1n) is 17.5. The molecule has 2 heterocycles. The maximum absolute atomic E-state index is 12.3. The molecule has 0 saturated carbocycles. The highest BCUT2D eigenvalue weighted by atomic mass is 35.5. The van der Waals surface area contributed by atoms with Crippen molar-refractivity contribution in [3.05, 3.63) is 130 Å². The lowest BCUT2D eigenvalue weighted by atomic mass is 9.81. The van der Waals surface area contributed by atoms with Crippen LogP contribution in [0, 0.1) is 5.92 Å². The summed E-state index contributed by atoms with van der Waals surface area (Å²) in [6, 6.07) is 26.7. The van der Waals surface area contributed by atoms with Crippen molar-refractivity contribution in [3.63, 3.8) is 0 Å². The Morgan fingerprint density at radius 1 is 0.918 bits per heavy atom. The Morgan fingerprint density at radius 2 is 1.61 bits per heavy atom. The molecule has 0 saturated heterocycles. The van der Waals surface area contributed by atoms with Gasteiger partial charge in [-0.25, -0.2) is 0 Å². The Hall–Kier alpha value is -3.82. The topological polar surface area (TPSA) is 32.5 Å². The first-order chi connectivity index (χ1) is 23.1. The zero-order valence-corrected chi connectivity index (χ0v) is 31.0. The van der Waals surface area contributed by atoms with E-state index in [4.69, 9.17) is 16.3 Å². The minimum Gasteiger partial charge on any atom is -1.00 e. The van der Waals surface area contributed by atoms with Gasteiger partial charge in [0.2, 0.25) is 5.69 Å². The number of ether oxygens (including phenoxy) is 1. The summed E-state index contributed by atoms with van der Waals surface area (Å²) in [5, 5.41) is 0.929. The molecule has 0 N–H and O–H groups in total. The lowest BCUT2D eigenvalue weighted by Gasteiger charge is -2.25. The third-order valence-corrected chi connectivity index (χ3v) is 10.8. The number of carbonyl (C=O) groups excluding carboxylic acids is 1. The molecular weight excluding hydrogens is 647 g/mol. The Morgan fingerprint density at radius 3 is 2.37 bits per heavy atom. The van der Waals surface area contributed by atoms with Gasteiger partial charge in [-0.05, 0) is 95.7 Å². The number of hydrogen-bond donors (Lipinski definition) is 0. The van der Waals surface area contributed by atoms with Crippen LogP contribution in [0.25, 0.3) is 0 Å². The summed E-state index contributed by atoms with van der Waals surface area (Å²) in [4.78, 5) is 14.8. The average Bonchev–Trinajstić information content (AvgIpc) is 3.62. The first-order valence-corrected chi connectivity index (χ1v) is 17.9. The van der Waals surface area contributed by atoms with E-state index in [1.54, 1.807) is 0 Å². The fourth-order valence-electron chi connectivity index (χ4n) is 7.66. The molecular formula is C43H48Cl2N2O2. The van der Waals surface area contributed by atoms with Gasteiger partial charge in [-0.2, -0.15) is 4.58 Å². The van der Waals surface area contributed by atoms with E-state index >= 15 is 0 Å². The molecule has 2 aliphatic heterocycles. The van der Waals surface area contributed by atoms with Gasteiger partial charge in [0.05, 0.1) is 11.1 Å². The van der Waals surface area contributed by atoms with E-state index < -0.39 is 0 Å². The summed E-state index contributed by atoms with van der Waals surface area (Å²) in [6.45, 7) is 13.2. The third-order valence-electron chi connectivity index (χ3n) is 10.3. The van der Waals surface area contributed by atoms with Gasteiger partial charge in [-0.3, -0.25) is 4.79 Å². The molecule has 1 aliphatic carbocycles. The van der Waals surface area contributed by atoms with Crippen LogP contribution >= 0.6 is 11.6 Å². The third kappa shape index (κ3) is 7.38. The molecule has 1 unspecified atom stereocenters. The second-order valence-corrected chi connectivity index (χ2v) is 14.6. The number of esters is 1. The van der Waals surface area contributed by atoms with Crippen molar-refractivity contribution in [1.29, 1.82) is 0 Å². The molecule has 256 valence electrons. The van der Waals surface area contributed by atoms with Crippen LogP contribution in [-0.4, -0.2) is 29.3 Å². The van der Waals surface area contributed by atoms with Crippen LogP contribution in [0.1, 0.15) is 84.3 Å². The zero-order chi connectivity index (χ0) is 33.9. The summed E-state index contributed by atoms with van der Waals surface area (Å²) in [6.07, 6.45) is 11.9. The van der Waals surface area contributed by atoms with E-state index in [9.17, 15) is 4.79 Å². The van der Waals surface area contributed by atoms with Crippen LogP contribution in [0.15, 0.2) is 119 Å². The number of halogens is 2. The van der Waals surface area contributed by atoms with E-state index in [0.717, 1.165) is 50.2 Å². The summed E-state index contributed by atoms with van der Waals surface area (Å²) in [5.74, 6) is 0.578.